The third kappa shape index (κ3) is 4.03. The fourth-order valence-corrected chi connectivity index (χ4v) is 3.70. The smallest absolute Gasteiger partial charge is 0.0255 e. The highest BCUT2D eigenvalue weighted by atomic mass is 32.2. The summed E-state index contributed by atoms with van der Waals surface area (Å²) in [6.07, 6.45) is 0. The van der Waals surface area contributed by atoms with Crippen LogP contribution in [0, 0.1) is 0 Å². The maximum Gasteiger partial charge on any atom is 0.0255 e. The standard InChI is InChI=1S/C12H11O4PS2/c13-18(14)11-5-1-3-9(7-11)17-10-4-2-6-12(8-10)19(15)16/h1-8,17H,(H,13,14)(H,15,16)/p-2. The monoisotopic (exact) mass is 312 g/mol. The van der Waals surface area contributed by atoms with Gasteiger partial charge in [0, 0.05) is 9.79 Å². The lowest BCUT2D eigenvalue weighted by atomic mass is 10.4. The molecule has 7 heteroatoms. The Hall–Kier alpha value is -0.910. The Morgan fingerprint density at radius 2 is 1.21 bits per heavy atom. The molecule has 2 atom stereocenters. The lowest BCUT2D eigenvalue weighted by Gasteiger charge is -2.09. The summed E-state index contributed by atoms with van der Waals surface area (Å²) < 4.78 is 43.5. The average molecular weight is 312 g/mol. The summed E-state index contributed by atoms with van der Waals surface area (Å²) in [5.41, 5.74) is 0. The molecule has 0 aliphatic heterocycles. The largest absolute Gasteiger partial charge is 0.768 e. The molecule has 0 heterocycles. The molecule has 2 aromatic carbocycles. The minimum Gasteiger partial charge on any atom is -0.768 e. The second-order valence-electron chi connectivity index (χ2n) is 3.65. The molecule has 0 bridgehead atoms. The molecule has 0 aliphatic rings. The Kier molecular flexibility index (Phi) is 4.96. The van der Waals surface area contributed by atoms with Gasteiger partial charge in [-0.25, -0.2) is 0 Å². The summed E-state index contributed by atoms with van der Waals surface area (Å²) in [5, 5.41) is 1.69. The van der Waals surface area contributed by atoms with E-state index in [1.807, 2.05) is 12.1 Å². The Bertz CT molecular complexity index is 590. The summed E-state index contributed by atoms with van der Waals surface area (Å²) in [6, 6.07) is 13.2. The highest BCUT2D eigenvalue weighted by Gasteiger charge is 2.00. The van der Waals surface area contributed by atoms with Gasteiger partial charge in [0.2, 0.25) is 0 Å². The molecule has 4 nitrogen and oxygen atoms in total. The van der Waals surface area contributed by atoms with E-state index in [0.717, 1.165) is 10.6 Å². The van der Waals surface area contributed by atoms with Gasteiger partial charge in [0.1, 0.15) is 0 Å². The minimum absolute atomic E-state index is 0.208. The Labute approximate surface area is 117 Å². The van der Waals surface area contributed by atoms with Crippen LogP contribution in [0.4, 0.5) is 0 Å². The Balaban J connectivity index is 2.26. The molecule has 100 valence electrons. The van der Waals surface area contributed by atoms with Crippen molar-refractivity contribution in [2.45, 2.75) is 9.79 Å². The van der Waals surface area contributed by atoms with Crippen molar-refractivity contribution in [3.8, 4) is 0 Å². The summed E-state index contributed by atoms with van der Waals surface area (Å²) in [7, 11) is 0.208. The van der Waals surface area contributed by atoms with Crippen LogP contribution in [0.5, 0.6) is 0 Å². The van der Waals surface area contributed by atoms with Gasteiger partial charge >= 0.3 is 0 Å². The molecule has 2 rings (SSSR count). The molecule has 0 aromatic heterocycles. The second-order valence-corrected chi connectivity index (χ2v) is 6.94. The van der Waals surface area contributed by atoms with Crippen LogP contribution in [0.25, 0.3) is 0 Å². The normalized spacial score (nSPS) is 14.6. The van der Waals surface area contributed by atoms with Gasteiger partial charge in [-0.1, -0.05) is 32.8 Å². The molecule has 0 amide bonds. The maximum absolute atomic E-state index is 10.9. The van der Waals surface area contributed by atoms with E-state index in [4.69, 9.17) is 0 Å². The predicted octanol–water partition coefficient (Wildman–Crippen LogP) is 0.792. The van der Waals surface area contributed by atoms with Crippen molar-refractivity contribution in [1.82, 2.24) is 0 Å². The minimum atomic E-state index is -2.25. The van der Waals surface area contributed by atoms with Crippen LogP contribution < -0.4 is 10.6 Å². The van der Waals surface area contributed by atoms with Gasteiger partial charge in [-0.3, -0.25) is 8.42 Å². The van der Waals surface area contributed by atoms with Crippen LogP contribution in [0.15, 0.2) is 58.3 Å². The molecular weight excluding hydrogens is 303 g/mol. The second kappa shape index (κ2) is 6.50. The molecule has 0 saturated carbocycles. The zero-order valence-corrected chi connectivity index (χ0v) is 12.2. The number of rotatable bonds is 4. The van der Waals surface area contributed by atoms with Crippen LogP contribution in [0.3, 0.4) is 0 Å². The zero-order valence-electron chi connectivity index (χ0n) is 9.57. The summed E-state index contributed by atoms with van der Waals surface area (Å²) in [4.78, 5) is 0.460. The Morgan fingerprint density at radius 3 is 1.58 bits per heavy atom. The molecule has 0 spiro atoms. The first kappa shape index (κ1) is 14.5. The third-order valence-electron chi connectivity index (χ3n) is 2.34. The van der Waals surface area contributed by atoms with Crippen LogP contribution in [-0.2, 0) is 22.2 Å². The third-order valence-corrected chi connectivity index (χ3v) is 4.82. The van der Waals surface area contributed by atoms with Crippen LogP contribution in [0.2, 0.25) is 0 Å². The van der Waals surface area contributed by atoms with E-state index in [1.54, 1.807) is 24.3 Å². The van der Waals surface area contributed by atoms with E-state index in [9.17, 15) is 17.5 Å². The molecule has 2 aromatic rings. The Morgan fingerprint density at radius 1 is 0.789 bits per heavy atom. The van der Waals surface area contributed by atoms with Gasteiger partial charge in [-0.2, -0.15) is 0 Å². The molecule has 0 N–H and O–H groups in total. The summed E-state index contributed by atoms with van der Waals surface area (Å²) in [5.74, 6) is 0. The fraction of sp³-hybridized carbons (Fsp3) is 0. The maximum atomic E-state index is 10.9. The first-order valence-corrected chi connectivity index (χ1v) is 8.37. The van der Waals surface area contributed by atoms with Crippen LogP contribution in [0.1, 0.15) is 0 Å². The van der Waals surface area contributed by atoms with E-state index in [0.29, 0.717) is 0 Å². The van der Waals surface area contributed by atoms with Crippen molar-refractivity contribution in [2.24, 2.45) is 0 Å². The molecule has 2 unspecified atom stereocenters. The molecular formula is C12H9O4PS2-2. The quantitative estimate of drug-likeness (QED) is 0.617. The highest BCUT2D eigenvalue weighted by Crippen LogP contribution is 2.14. The fourth-order valence-electron chi connectivity index (χ4n) is 1.52. The van der Waals surface area contributed by atoms with E-state index in [-0.39, 0.29) is 18.4 Å². The molecule has 0 radical (unpaired) electrons. The van der Waals surface area contributed by atoms with Crippen molar-refractivity contribution < 1.29 is 17.5 Å². The van der Waals surface area contributed by atoms with Crippen molar-refractivity contribution in [3.63, 3.8) is 0 Å². The van der Waals surface area contributed by atoms with Gasteiger partial charge in [0.05, 0.1) is 0 Å². The molecule has 0 fully saturated rings. The van der Waals surface area contributed by atoms with Gasteiger partial charge in [0.25, 0.3) is 0 Å². The molecule has 0 aliphatic carbocycles. The van der Waals surface area contributed by atoms with E-state index in [2.05, 4.69) is 0 Å². The van der Waals surface area contributed by atoms with Gasteiger partial charge in [-0.15, -0.1) is 0 Å². The van der Waals surface area contributed by atoms with Crippen molar-refractivity contribution in [2.75, 3.05) is 0 Å². The van der Waals surface area contributed by atoms with Crippen molar-refractivity contribution in [3.05, 3.63) is 48.5 Å². The predicted molar refractivity (Wildman–Crippen MR) is 74.8 cm³/mol. The molecule has 19 heavy (non-hydrogen) atoms. The SMILES string of the molecule is O=S([O-])c1cccc(Pc2cccc(S(=O)[O-])c2)c1. The zero-order chi connectivity index (χ0) is 13.8. The average Bonchev–Trinajstić information content (AvgIpc) is 2.39. The highest BCUT2D eigenvalue weighted by molar-refractivity contribution is 7.79. The first-order valence-electron chi connectivity index (χ1n) is 5.22. The van der Waals surface area contributed by atoms with Crippen molar-refractivity contribution in [1.29, 1.82) is 0 Å². The van der Waals surface area contributed by atoms with Gasteiger partial charge in [-0.05, 0) is 57.0 Å². The lowest BCUT2D eigenvalue weighted by molar-refractivity contribution is 0.535. The van der Waals surface area contributed by atoms with E-state index < -0.39 is 22.2 Å². The van der Waals surface area contributed by atoms with E-state index >= 15 is 0 Å². The number of hydrogen-bond donors (Lipinski definition) is 0. The first-order chi connectivity index (χ1) is 9.06. The molecule has 0 saturated heterocycles. The topological polar surface area (TPSA) is 80.3 Å². The number of hydrogen-bond acceptors (Lipinski definition) is 4. The van der Waals surface area contributed by atoms with E-state index in [1.165, 1.54) is 12.1 Å². The van der Waals surface area contributed by atoms with Gasteiger partial charge < -0.3 is 9.11 Å². The number of benzene rings is 2. The van der Waals surface area contributed by atoms with Crippen molar-refractivity contribution >= 4 is 41.4 Å². The van der Waals surface area contributed by atoms with Crippen LogP contribution >= 0.6 is 8.58 Å². The van der Waals surface area contributed by atoms with Gasteiger partial charge in [0.15, 0.2) is 0 Å². The summed E-state index contributed by atoms with van der Waals surface area (Å²) >= 11 is -4.51. The lowest BCUT2D eigenvalue weighted by Crippen LogP contribution is -2.06. The van der Waals surface area contributed by atoms with Crippen LogP contribution in [-0.4, -0.2) is 17.5 Å². The summed E-state index contributed by atoms with van der Waals surface area (Å²) in [6.45, 7) is 0.